The Balaban J connectivity index is 1.77. The Labute approximate surface area is 184 Å². The molecule has 0 amide bonds. The lowest BCUT2D eigenvalue weighted by molar-refractivity contribution is -0.140. The van der Waals surface area contributed by atoms with Gasteiger partial charge in [-0.3, -0.25) is 0 Å². The molecule has 1 aliphatic rings. The molecular weight excluding hydrogens is 436 g/mol. The first kappa shape index (κ1) is 22.6. The summed E-state index contributed by atoms with van der Waals surface area (Å²) < 4.78 is 39.7. The summed E-state index contributed by atoms with van der Waals surface area (Å²) in [4.78, 5) is 6.32. The number of benzene rings is 1. The molecule has 1 aromatic heterocycles. The van der Waals surface area contributed by atoms with Crippen LogP contribution >= 0.6 is 23.2 Å². The number of rotatable bonds is 7. The van der Waals surface area contributed by atoms with Gasteiger partial charge in [0, 0.05) is 25.8 Å². The van der Waals surface area contributed by atoms with E-state index in [-0.39, 0.29) is 5.02 Å². The van der Waals surface area contributed by atoms with Gasteiger partial charge in [-0.05, 0) is 48.2 Å². The molecule has 2 heterocycles. The van der Waals surface area contributed by atoms with Gasteiger partial charge in [0.15, 0.2) is 0 Å². The fraction of sp³-hybridized carbons (Fsp3) is 0.381. The van der Waals surface area contributed by atoms with Crippen LogP contribution in [0.3, 0.4) is 0 Å². The summed E-state index contributed by atoms with van der Waals surface area (Å²) in [7, 11) is 0. The summed E-state index contributed by atoms with van der Waals surface area (Å²) in [5.74, 6) is 1.21. The zero-order valence-electron chi connectivity index (χ0n) is 16.5. The van der Waals surface area contributed by atoms with Crippen molar-refractivity contribution in [1.29, 1.82) is 0 Å². The third kappa shape index (κ3) is 5.73. The summed E-state index contributed by atoms with van der Waals surface area (Å²) in [6, 6.07) is 5.46. The highest BCUT2D eigenvalue weighted by molar-refractivity contribution is 6.42. The molecule has 0 radical (unpaired) electrons. The Morgan fingerprint density at radius 2 is 2.00 bits per heavy atom. The van der Waals surface area contributed by atoms with Crippen molar-refractivity contribution in [3.63, 3.8) is 0 Å². The Morgan fingerprint density at radius 3 is 2.67 bits per heavy atom. The average molecular weight is 459 g/mol. The molecular formula is C21H23Cl2F3N4. The van der Waals surface area contributed by atoms with E-state index in [0.29, 0.717) is 29.5 Å². The SMILES string of the molecule is C=C(NC(CC(F)(F)F)c1ccc(Cl)c(Cl)c1)N1CCc2cnc(NCC)cc2C1. The second kappa shape index (κ2) is 9.35. The normalized spacial score (nSPS) is 14.8. The van der Waals surface area contributed by atoms with Gasteiger partial charge in [0.25, 0.3) is 0 Å². The summed E-state index contributed by atoms with van der Waals surface area (Å²) in [6.07, 6.45) is -2.82. The van der Waals surface area contributed by atoms with E-state index < -0.39 is 18.6 Å². The second-order valence-electron chi connectivity index (χ2n) is 7.18. The van der Waals surface area contributed by atoms with Crippen LogP contribution in [0.5, 0.6) is 0 Å². The number of aromatic nitrogens is 1. The van der Waals surface area contributed by atoms with Crippen LogP contribution in [0, 0.1) is 0 Å². The van der Waals surface area contributed by atoms with Crippen molar-refractivity contribution in [2.75, 3.05) is 18.4 Å². The van der Waals surface area contributed by atoms with Crippen LogP contribution < -0.4 is 10.6 Å². The Hall–Kier alpha value is -2.12. The maximum atomic E-state index is 13.2. The van der Waals surface area contributed by atoms with Gasteiger partial charge >= 0.3 is 6.18 Å². The first-order valence-electron chi connectivity index (χ1n) is 9.60. The van der Waals surface area contributed by atoms with Gasteiger partial charge in [0.05, 0.1) is 28.3 Å². The lowest BCUT2D eigenvalue weighted by Crippen LogP contribution is -2.38. The highest BCUT2D eigenvalue weighted by Crippen LogP contribution is 2.34. The zero-order valence-corrected chi connectivity index (χ0v) is 18.0. The molecule has 0 bridgehead atoms. The number of alkyl halides is 3. The highest BCUT2D eigenvalue weighted by atomic mass is 35.5. The highest BCUT2D eigenvalue weighted by Gasteiger charge is 2.33. The van der Waals surface area contributed by atoms with Crippen LogP contribution in [-0.2, 0) is 13.0 Å². The maximum absolute atomic E-state index is 13.2. The lowest BCUT2D eigenvalue weighted by atomic mass is 10.0. The quantitative estimate of drug-likeness (QED) is 0.538. The van der Waals surface area contributed by atoms with Crippen molar-refractivity contribution >= 4 is 29.0 Å². The van der Waals surface area contributed by atoms with Crippen molar-refractivity contribution in [3.05, 3.63) is 69.6 Å². The van der Waals surface area contributed by atoms with E-state index in [2.05, 4.69) is 22.2 Å². The van der Waals surface area contributed by atoms with Gasteiger partial charge in [0.1, 0.15) is 5.82 Å². The second-order valence-corrected chi connectivity index (χ2v) is 7.99. The Kier molecular flexibility index (Phi) is 7.03. The standard InChI is InChI=1S/C21H23Cl2F3N4/c1-3-27-20-9-16-12-30(7-6-15(16)11-28-20)13(2)29-19(10-21(24,25)26)14-4-5-17(22)18(23)8-14/h4-5,8-9,11,19,29H,2-3,6-7,10,12H2,1H3,(H,27,28). The largest absolute Gasteiger partial charge is 0.391 e. The van der Waals surface area contributed by atoms with Crippen LogP contribution in [0.1, 0.15) is 36.1 Å². The number of fused-ring (bicyclic) bond motifs is 1. The fourth-order valence-electron chi connectivity index (χ4n) is 3.45. The third-order valence-corrected chi connectivity index (χ3v) is 5.70. The van der Waals surface area contributed by atoms with E-state index >= 15 is 0 Å². The minimum Gasteiger partial charge on any atom is -0.370 e. The van der Waals surface area contributed by atoms with Crippen molar-refractivity contribution in [2.24, 2.45) is 0 Å². The Bertz CT molecular complexity index is 918. The van der Waals surface area contributed by atoms with E-state index in [4.69, 9.17) is 23.2 Å². The third-order valence-electron chi connectivity index (χ3n) is 4.96. The molecule has 30 heavy (non-hydrogen) atoms. The van der Waals surface area contributed by atoms with Crippen molar-refractivity contribution < 1.29 is 13.2 Å². The predicted octanol–water partition coefficient (Wildman–Crippen LogP) is 5.93. The number of pyridine rings is 1. The molecule has 1 aromatic carbocycles. The first-order valence-corrected chi connectivity index (χ1v) is 10.4. The van der Waals surface area contributed by atoms with Crippen LogP contribution in [0.25, 0.3) is 0 Å². The van der Waals surface area contributed by atoms with E-state index in [1.165, 1.54) is 12.1 Å². The van der Waals surface area contributed by atoms with Crippen LogP contribution in [0.4, 0.5) is 19.0 Å². The van der Waals surface area contributed by atoms with Crippen LogP contribution in [0.2, 0.25) is 10.0 Å². The molecule has 2 N–H and O–H groups in total. The molecule has 0 aliphatic carbocycles. The van der Waals surface area contributed by atoms with E-state index in [0.717, 1.165) is 29.9 Å². The molecule has 1 aliphatic heterocycles. The molecule has 1 unspecified atom stereocenters. The molecule has 0 fully saturated rings. The van der Waals surface area contributed by atoms with Crippen molar-refractivity contribution in [3.8, 4) is 0 Å². The molecule has 9 heteroatoms. The predicted molar refractivity (Wildman–Crippen MR) is 115 cm³/mol. The molecule has 1 atom stereocenters. The van der Waals surface area contributed by atoms with Crippen molar-refractivity contribution in [2.45, 2.75) is 38.5 Å². The first-order chi connectivity index (χ1) is 14.2. The lowest BCUT2D eigenvalue weighted by Gasteiger charge is -2.34. The van der Waals surface area contributed by atoms with Gasteiger partial charge in [0.2, 0.25) is 0 Å². The average Bonchev–Trinajstić information content (AvgIpc) is 2.68. The van der Waals surface area contributed by atoms with E-state index in [9.17, 15) is 13.2 Å². The summed E-state index contributed by atoms with van der Waals surface area (Å²) in [5.41, 5.74) is 2.62. The smallest absolute Gasteiger partial charge is 0.370 e. The van der Waals surface area contributed by atoms with Gasteiger partial charge < -0.3 is 15.5 Å². The summed E-state index contributed by atoms with van der Waals surface area (Å²) >= 11 is 11.9. The number of anilines is 1. The monoisotopic (exact) mass is 458 g/mol. The van der Waals surface area contributed by atoms with Crippen molar-refractivity contribution in [1.82, 2.24) is 15.2 Å². The number of hydrogen-bond donors (Lipinski definition) is 2. The van der Waals surface area contributed by atoms with Crippen LogP contribution in [-0.4, -0.2) is 29.1 Å². The maximum Gasteiger partial charge on any atom is 0.391 e. The molecule has 3 rings (SSSR count). The number of hydrogen-bond acceptors (Lipinski definition) is 4. The van der Waals surface area contributed by atoms with E-state index in [1.54, 1.807) is 6.07 Å². The minimum atomic E-state index is -4.36. The molecule has 0 spiro atoms. The summed E-state index contributed by atoms with van der Waals surface area (Å²) in [5, 5.41) is 6.64. The van der Waals surface area contributed by atoms with Gasteiger partial charge in [-0.15, -0.1) is 0 Å². The number of nitrogens with zero attached hydrogens (tertiary/aromatic N) is 2. The zero-order chi connectivity index (χ0) is 21.9. The molecule has 4 nitrogen and oxygen atoms in total. The minimum absolute atomic E-state index is 0.212. The fourth-order valence-corrected chi connectivity index (χ4v) is 3.76. The van der Waals surface area contributed by atoms with Crippen LogP contribution in [0.15, 0.2) is 42.9 Å². The topological polar surface area (TPSA) is 40.2 Å². The van der Waals surface area contributed by atoms with E-state index in [1.807, 2.05) is 24.1 Å². The van der Waals surface area contributed by atoms with Gasteiger partial charge in [-0.25, -0.2) is 4.98 Å². The summed E-state index contributed by atoms with van der Waals surface area (Å²) in [6.45, 7) is 7.93. The number of nitrogens with one attached hydrogen (secondary N) is 2. The molecule has 0 saturated heterocycles. The molecule has 0 saturated carbocycles. The van der Waals surface area contributed by atoms with Gasteiger partial charge in [-0.2, -0.15) is 13.2 Å². The Morgan fingerprint density at radius 1 is 1.23 bits per heavy atom. The van der Waals surface area contributed by atoms with Gasteiger partial charge in [-0.1, -0.05) is 35.8 Å². The molecule has 2 aromatic rings. The number of halogens is 5. The molecule has 162 valence electrons.